The minimum Gasteiger partial charge on any atom is -0.458 e. The number of esters is 1. The van der Waals surface area contributed by atoms with Crippen LogP contribution in [0.5, 0.6) is 0 Å². The maximum atomic E-state index is 11.3. The number of carbonyl (C=O) groups excluding carboxylic acids is 1. The molecule has 6 heteroatoms. The van der Waals surface area contributed by atoms with Gasteiger partial charge in [-0.25, -0.2) is 4.79 Å². The molecule has 1 unspecified atom stereocenters. The lowest BCUT2D eigenvalue weighted by Gasteiger charge is -2.18. The van der Waals surface area contributed by atoms with Gasteiger partial charge < -0.3 is 4.74 Å². The van der Waals surface area contributed by atoms with Gasteiger partial charge in [-0.2, -0.15) is 0 Å². The zero-order valence-corrected chi connectivity index (χ0v) is 9.99. The van der Waals surface area contributed by atoms with Crippen molar-refractivity contribution in [2.75, 3.05) is 12.0 Å². The second kappa shape index (κ2) is 5.05. The molecule has 2 N–H and O–H groups in total. The van der Waals surface area contributed by atoms with Crippen LogP contribution in [-0.4, -0.2) is 24.5 Å². The highest BCUT2D eigenvalue weighted by atomic mass is 35.5. The van der Waals surface area contributed by atoms with E-state index in [9.17, 15) is 4.79 Å². The third-order valence-electron chi connectivity index (χ3n) is 2.17. The molecule has 90 valence electrons. The Morgan fingerprint density at radius 3 is 2.76 bits per heavy atom. The summed E-state index contributed by atoms with van der Waals surface area (Å²) in [7, 11) is 0. The third kappa shape index (κ3) is 3.10. The fourth-order valence-electron chi connectivity index (χ4n) is 1.32. The molecule has 2 rings (SSSR count). The van der Waals surface area contributed by atoms with Crippen LogP contribution in [0.25, 0.3) is 0 Å². The van der Waals surface area contributed by atoms with E-state index in [1.807, 2.05) is 6.92 Å². The van der Waals surface area contributed by atoms with Gasteiger partial charge in [-0.15, -0.1) is 0 Å². The van der Waals surface area contributed by atoms with Crippen LogP contribution in [0.3, 0.4) is 0 Å². The molecule has 1 heterocycles. The van der Waals surface area contributed by atoms with Crippen molar-refractivity contribution in [2.45, 2.75) is 13.0 Å². The first-order valence-electron chi connectivity index (χ1n) is 5.17. The lowest BCUT2D eigenvalue weighted by Crippen LogP contribution is -2.41. The Kier molecular flexibility index (Phi) is 3.49. The number of ether oxygens (including phenoxy) is 1. The lowest BCUT2D eigenvalue weighted by molar-refractivity contribution is -0.137. The number of hydrogen-bond donors (Lipinski definition) is 2. The molecule has 0 bridgehead atoms. The van der Waals surface area contributed by atoms with E-state index in [-0.39, 0.29) is 11.9 Å². The summed E-state index contributed by atoms with van der Waals surface area (Å²) in [6.45, 7) is 2.20. The van der Waals surface area contributed by atoms with Crippen LogP contribution in [0.1, 0.15) is 6.92 Å². The predicted molar refractivity (Wildman–Crippen MR) is 66.1 cm³/mol. The number of nitrogens with zero attached hydrogens (tertiary/aromatic N) is 1. The van der Waals surface area contributed by atoms with Gasteiger partial charge in [0.2, 0.25) is 5.84 Å². The standard InChI is InChI=1S/C11H12ClN3O2/c1-7-6-17-11(16)10(13-7)15-14-9-4-2-8(12)3-5-9/h2-5,7,14H,6H2,1H3,(H,13,15). The quantitative estimate of drug-likeness (QED) is 0.621. The highest BCUT2D eigenvalue weighted by molar-refractivity contribution is 6.36. The smallest absolute Gasteiger partial charge is 0.375 e. The van der Waals surface area contributed by atoms with Crippen molar-refractivity contribution in [3.05, 3.63) is 29.3 Å². The molecule has 0 radical (unpaired) electrons. The molecule has 1 aliphatic rings. The van der Waals surface area contributed by atoms with E-state index < -0.39 is 5.97 Å². The monoisotopic (exact) mass is 253 g/mol. The average Bonchev–Trinajstić information content (AvgIpc) is 2.32. The normalized spacial score (nSPS) is 19.3. The van der Waals surface area contributed by atoms with Crippen molar-refractivity contribution in [2.24, 2.45) is 4.99 Å². The van der Waals surface area contributed by atoms with Crippen LogP contribution in [0.2, 0.25) is 5.02 Å². The van der Waals surface area contributed by atoms with Crippen molar-refractivity contribution in [3.8, 4) is 0 Å². The molecule has 0 aromatic heterocycles. The van der Waals surface area contributed by atoms with Crippen molar-refractivity contribution in [1.29, 1.82) is 0 Å². The summed E-state index contributed by atoms with van der Waals surface area (Å²) in [4.78, 5) is 15.5. The molecule has 0 amide bonds. The molecule has 1 atom stereocenters. The van der Waals surface area contributed by atoms with Gasteiger partial charge in [0.25, 0.3) is 0 Å². The van der Waals surface area contributed by atoms with Gasteiger partial charge in [-0.05, 0) is 31.2 Å². The van der Waals surface area contributed by atoms with Crippen molar-refractivity contribution < 1.29 is 9.53 Å². The van der Waals surface area contributed by atoms with Crippen LogP contribution in [0.15, 0.2) is 29.3 Å². The van der Waals surface area contributed by atoms with E-state index in [0.29, 0.717) is 11.6 Å². The molecule has 17 heavy (non-hydrogen) atoms. The second-order valence-corrected chi connectivity index (χ2v) is 4.12. The molecular formula is C11H12ClN3O2. The van der Waals surface area contributed by atoms with E-state index in [1.54, 1.807) is 24.3 Å². The van der Waals surface area contributed by atoms with E-state index in [2.05, 4.69) is 15.8 Å². The second-order valence-electron chi connectivity index (χ2n) is 3.68. The highest BCUT2D eigenvalue weighted by Gasteiger charge is 2.20. The molecule has 0 saturated heterocycles. The molecule has 0 fully saturated rings. The molecule has 0 spiro atoms. The molecule has 1 aromatic carbocycles. The summed E-state index contributed by atoms with van der Waals surface area (Å²) in [5, 5.41) is 0.651. The summed E-state index contributed by atoms with van der Waals surface area (Å²) in [6.07, 6.45) is 0. The first-order valence-corrected chi connectivity index (χ1v) is 5.55. The predicted octanol–water partition coefficient (Wildman–Crippen LogP) is 1.60. The number of aliphatic imine (C=N–C) groups is 1. The number of cyclic esters (lactones) is 1. The molecule has 0 saturated carbocycles. The maximum absolute atomic E-state index is 11.3. The molecule has 0 aliphatic carbocycles. The first kappa shape index (κ1) is 11.7. The van der Waals surface area contributed by atoms with Gasteiger partial charge in [-0.1, -0.05) is 11.6 Å². The largest absolute Gasteiger partial charge is 0.458 e. The number of amidine groups is 1. The lowest BCUT2D eigenvalue weighted by atomic mass is 10.3. The zero-order chi connectivity index (χ0) is 12.3. The minimum atomic E-state index is -0.454. The van der Waals surface area contributed by atoms with Crippen LogP contribution in [0.4, 0.5) is 5.69 Å². The van der Waals surface area contributed by atoms with E-state index >= 15 is 0 Å². The van der Waals surface area contributed by atoms with Crippen molar-refractivity contribution >= 4 is 29.1 Å². The van der Waals surface area contributed by atoms with Crippen molar-refractivity contribution in [3.63, 3.8) is 0 Å². The summed E-state index contributed by atoms with van der Waals surface area (Å²) in [5.41, 5.74) is 6.35. The fourth-order valence-corrected chi connectivity index (χ4v) is 1.45. The number of hydrazine groups is 1. The first-order chi connectivity index (χ1) is 8.15. The molecule has 1 aromatic rings. The maximum Gasteiger partial charge on any atom is 0.375 e. The van der Waals surface area contributed by atoms with Gasteiger partial charge in [0.15, 0.2) is 0 Å². The number of anilines is 1. The zero-order valence-electron chi connectivity index (χ0n) is 9.24. The summed E-state index contributed by atoms with van der Waals surface area (Å²) in [6, 6.07) is 7.04. The fraction of sp³-hybridized carbons (Fsp3) is 0.273. The van der Waals surface area contributed by atoms with Gasteiger partial charge in [0.05, 0.1) is 11.7 Å². The molecule has 5 nitrogen and oxygen atoms in total. The van der Waals surface area contributed by atoms with E-state index in [1.165, 1.54) is 0 Å². The summed E-state index contributed by atoms with van der Waals surface area (Å²) >= 11 is 5.76. The molecular weight excluding hydrogens is 242 g/mol. The van der Waals surface area contributed by atoms with Crippen LogP contribution in [0, 0.1) is 0 Å². The minimum absolute atomic E-state index is 0.0257. The Bertz CT molecular complexity index is 445. The summed E-state index contributed by atoms with van der Waals surface area (Å²) < 4.78 is 4.92. The van der Waals surface area contributed by atoms with E-state index in [4.69, 9.17) is 16.3 Å². The number of carbonyl (C=O) groups is 1. The van der Waals surface area contributed by atoms with Crippen LogP contribution >= 0.6 is 11.6 Å². The Hall–Kier alpha value is -1.75. The number of rotatable bonds is 2. The number of halogens is 1. The van der Waals surface area contributed by atoms with Crippen molar-refractivity contribution in [1.82, 2.24) is 5.43 Å². The average molecular weight is 254 g/mol. The van der Waals surface area contributed by atoms with Gasteiger partial charge in [0.1, 0.15) is 6.61 Å². The molecule has 1 aliphatic heterocycles. The number of nitrogens with one attached hydrogen (secondary N) is 2. The SMILES string of the molecule is CC1COC(=O)C(NNc2ccc(Cl)cc2)=N1. The number of benzene rings is 1. The van der Waals surface area contributed by atoms with E-state index in [0.717, 1.165) is 5.69 Å². The topological polar surface area (TPSA) is 62.7 Å². The Morgan fingerprint density at radius 2 is 2.06 bits per heavy atom. The summed E-state index contributed by atoms with van der Waals surface area (Å²) in [5.74, 6) is -0.275. The third-order valence-corrected chi connectivity index (χ3v) is 2.42. The number of hydrogen-bond acceptors (Lipinski definition) is 5. The van der Waals surface area contributed by atoms with Crippen LogP contribution < -0.4 is 10.9 Å². The Balaban J connectivity index is 1.97. The van der Waals surface area contributed by atoms with Gasteiger partial charge in [-0.3, -0.25) is 15.8 Å². The Morgan fingerprint density at radius 1 is 1.35 bits per heavy atom. The Labute approximate surface area is 104 Å². The van der Waals surface area contributed by atoms with Crippen LogP contribution in [-0.2, 0) is 9.53 Å². The highest BCUT2D eigenvalue weighted by Crippen LogP contribution is 2.12. The van der Waals surface area contributed by atoms with Gasteiger partial charge >= 0.3 is 5.97 Å². The van der Waals surface area contributed by atoms with Gasteiger partial charge in [0, 0.05) is 5.02 Å².